The third-order valence-electron chi connectivity index (χ3n) is 3.55. The summed E-state index contributed by atoms with van der Waals surface area (Å²) in [6.07, 6.45) is 5.40. The Morgan fingerprint density at radius 3 is 2.67 bits per heavy atom. The zero-order valence-corrected chi connectivity index (χ0v) is 10.0. The lowest BCUT2D eigenvalue weighted by atomic mass is 10.0. The molecule has 1 aliphatic carbocycles. The molecule has 0 saturated heterocycles. The Kier molecular flexibility index (Phi) is 3.10. The Balaban J connectivity index is 2.31. The highest BCUT2D eigenvalue weighted by molar-refractivity contribution is 5.21. The fraction of sp³-hybridized carbons (Fsp3) is 0.750. The third kappa shape index (κ3) is 1.93. The van der Waals surface area contributed by atoms with Crippen molar-refractivity contribution in [2.75, 3.05) is 7.05 Å². The zero-order chi connectivity index (χ0) is 10.8. The molecule has 1 heterocycles. The number of hydrogen-bond donors (Lipinski definition) is 1. The SMILES string of the molecule is CNCc1c(C2CCCC2)nc(C)n1C. The first-order valence-electron chi connectivity index (χ1n) is 5.90. The van der Waals surface area contributed by atoms with Crippen LogP contribution in [-0.4, -0.2) is 16.6 Å². The molecule has 0 radical (unpaired) electrons. The molecule has 2 rings (SSSR count). The van der Waals surface area contributed by atoms with E-state index in [2.05, 4.69) is 23.9 Å². The average molecular weight is 207 g/mol. The summed E-state index contributed by atoms with van der Waals surface area (Å²) in [5, 5.41) is 3.24. The third-order valence-corrected chi connectivity index (χ3v) is 3.55. The second kappa shape index (κ2) is 4.35. The van der Waals surface area contributed by atoms with Gasteiger partial charge in [0.2, 0.25) is 0 Å². The van der Waals surface area contributed by atoms with Crippen LogP contribution in [0.5, 0.6) is 0 Å². The summed E-state index contributed by atoms with van der Waals surface area (Å²) in [6, 6.07) is 0. The second-order valence-corrected chi connectivity index (χ2v) is 4.56. The van der Waals surface area contributed by atoms with E-state index in [1.54, 1.807) is 0 Å². The van der Waals surface area contributed by atoms with Gasteiger partial charge in [-0.1, -0.05) is 12.8 Å². The highest BCUT2D eigenvalue weighted by atomic mass is 15.1. The van der Waals surface area contributed by atoms with Crippen molar-refractivity contribution in [3.63, 3.8) is 0 Å². The molecule has 0 unspecified atom stereocenters. The van der Waals surface area contributed by atoms with Gasteiger partial charge in [-0.15, -0.1) is 0 Å². The molecule has 84 valence electrons. The maximum atomic E-state index is 4.73. The van der Waals surface area contributed by atoms with Crippen LogP contribution in [0.4, 0.5) is 0 Å². The minimum atomic E-state index is 0.716. The summed E-state index contributed by atoms with van der Waals surface area (Å²) < 4.78 is 2.23. The quantitative estimate of drug-likeness (QED) is 0.822. The summed E-state index contributed by atoms with van der Waals surface area (Å²) in [7, 11) is 4.12. The summed E-state index contributed by atoms with van der Waals surface area (Å²) in [5.74, 6) is 1.86. The molecule has 0 amide bonds. The van der Waals surface area contributed by atoms with Crippen LogP contribution >= 0.6 is 0 Å². The van der Waals surface area contributed by atoms with Gasteiger partial charge in [0.05, 0.1) is 11.4 Å². The van der Waals surface area contributed by atoms with Gasteiger partial charge in [-0.2, -0.15) is 0 Å². The number of aryl methyl sites for hydroxylation is 1. The van der Waals surface area contributed by atoms with Crippen LogP contribution in [-0.2, 0) is 13.6 Å². The van der Waals surface area contributed by atoms with Gasteiger partial charge in [0, 0.05) is 19.5 Å². The van der Waals surface area contributed by atoms with Crippen molar-refractivity contribution in [3.05, 3.63) is 17.2 Å². The van der Waals surface area contributed by atoms with E-state index < -0.39 is 0 Å². The Hall–Kier alpha value is -0.830. The lowest BCUT2D eigenvalue weighted by molar-refractivity contribution is 0.662. The van der Waals surface area contributed by atoms with E-state index in [1.807, 2.05) is 7.05 Å². The predicted molar refractivity (Wildman–Crippen MR) is 61.9 cm³/mol. The molecule has 0 aliphatic heterocycles. The number of aromatic nitrogens is 2. The van der Waals surface area contributed by atoms with Crippen molar-refractivity contribution in [1.29, 1.82) is 0 Å². The molecule has 1 aromatic rings. The van der Waals surface area contributed by atoms with Crippen molar-refractivity contribution < 1.29 is 0 Å². The predicted octanol–water partition coefficient (Wildman–Crippen LogP) is 2.11. The molecule has 1 fully saturated rings. The van der Waals surface area contributed by atoms with Crippen molar-refractivity contribution in [1.82, 2.24) is 14.9 Å². The first-order chi connectivity index (χ1) is 7.24. The van der Waals surface area contributed by atoms with Gasteiger partial charge in [0.15, 0.2) is 0 Å². The molecule has 0 bridgehead atoms. The summed E-state index contributed by atoms with van der Waals surface area (Å²) >= 11 is 0. The van der Waals surface area contributed by atoms with E-state index in [9.17, 15) is 0 Å². The summed E-state index contributed by atoms with van der Waals surface area (Å²) in [5.41, 5.74) is 2.73. The summed E-state index contributed by atoms with van der Waals surface area (Å²) in [4.78, 5) is 4.73. The van der Waals surface area contributed by atoms with Crippen LogP contribution in [0.15, 0.2) is 0 Å². The van der Waals surface area contributed by atoms with Crippen LogP contribution in [0.25, 0.3) is 0 Å². The Morgan fingerprint density at radius 1 is 1.40 bits per heavy atom. The molecule has 1 N–H and O–H groups in total. The van der Waals surface area contributed by atoms with Gasteiger partial charge >= 0.3 is 0 Å². The summed E-state index contributed by atoms with van der Waals surface area (Å²) in [6.45, 7) is 3.03. The van der Waals surface area contributed by atoms with E-state index in [0.717, 1.165) is 12.4 Å². The molecule has 0 atom stereocenters. The van der Waals surface area contributed by atoms with Crippen molar-refractivity contribution >= 4 is 0 Å². The van der Waals surface area contributed by atoms with Gasteiger partial charge in [-0.3, -0.25) is 0 Å². The number of nitrogens with one attached hydrogen (secondary N) is 1. The van der Waals surface area contributed by atoms with Gasteiger partial charge in [-0.25, -0.2) is 4.98 Å². The highest BCUT2D eigenvalue weighted by Crippen LogP contribution is 2.35. The minimum absolute atomic E-state index is 0.716. The maximum Gasteiger partial charge on any atom is 0.105 e. The van der Waals surface area contributed by atoms with Crippen LogP contribution in [0, 0.1) is 6.92 Å². The molecule has 1 saturated carbocycles. The molecule has 0 spiro atoms. The minimum Gasteiger partial charge on any atom is -0.334 e. The molecule has 15 heavy (non-hydrogen) atoms. The topological polar surface area (TPSA) is 29.9 Å². The maximum absolute atomic E-state index is 4.73. The smallest absolute Gasteiger partial charge is 0.105 e. The fourth-order valence-electron chi connectivity index (χ4n) is 2.58. The van der Waals surface area contributed by atoms with E-state index in [1.165, 1.54) is 37.1 Å². The van der Waals surface area contributed by atoms with E-state index >= 15 is 0 Å². The molecule has 1 aliphatic rings. The highest BCUT2D eigenvalue weighted by Gasteiger charge is 2.23. The Labute approximate surface area is 91.9 Å². The lowest BCUT2D eigenvalue weighted by Gasteiger charge is -2.10. The molecule has 0 aromatic carbocycles. The van der Waals surface area contributed by atoms with Crippen LogP contribution in [0.3, 0.4) is 0 Å². The number of hydrogen-bond acceptors (Lipinski definition) is 2. The van der Waals surface area contributed by atoms with Crippen molar-refractivity contribution in [2.24, 2.45) is 7.05 Å². The molecule has 3 nitrogen and oxygen atoms in total. The largest absolute Gasteiger partial charge is 0.334 e. The van der Waals surface area contributed by atoms with Gasteiger partial charge in [0.1, 0.15) is 5.82 Å². The molecule has 3 heteroatoms. The monoisotopic (exact) mass is 207 g/mol. The zero-order valence-electron chi connectivity index (χ0n) is 10.0. The Morgan fingerprint density at radius 2 is 2.07 bits per heavy atom. The molecular weight excluding hydrogens is 186 g/mol. The number of nitrogens with zero attached hydrogens (tertiary/aromatic N) is 2. The Bertz CT molecular complexity index is 335. The average Bonchev–Trinajstić information content (AvgIpc) is 2.81. The molecular formula is C12H21N3. The number of rotatable bonds is 3. The fourth-order valence-corrected chi connectivity index (χ4v) is 2.58. The van der Waals surface area contributed by atoms with Crippen molar-refractivity contribution in [3.8, 4) is 0 Å². The second-order valence-electron chi connectivity index (χ2n) is 4.56. The van der Waals surface area contributed by atoms with Crippen LogP contribution in [0.2, 0.25) is 0 Å². The normalized spacial score (nSPS) is 17.5. The first kappa shape index (κ1) is 10.7. The van der Waals surface area contributed by atoms with E-state index in [4.69, 9.17) is 4.98 Å². The lowest BCUT2D eigenvalue weighted by Crippen LogP contribution is -2.12. The number of imidazole rings is 1. The van der Waals surface area contributed by atoms with E-state index in [0.29, 0.717) is 5.92 Å². The van der Waals surface area contributed by atoms with Crippen LogP contribution in [0.1, 0.15) is 48.8 Å². The van der Waals surface area contributed by atoms with E-state index in [-0.39, 0.29) is 0 Å². The molecule has 1 aromatic heterocycles. The van der Waals surface area contributed by atoms with Crippen molar-refractivity contribution in [2.45, 2.75) is 45.1 Å². The van der Waals surface area contributed by atoms with Gasteiger partial charge in [0.25, 0.3) is 0 Å². The van der Waals surface area contributed by atoms with Gasteiger partial charge in [-0.05, 0) is 26.8 Å². The standard InChI is InChI=1S/C12H21N3/c1-9-14-12(10-6-4-5-7-10)11(8-13-2)15(9)3/h10,13H,4-8H2,1-3H3. The first-order valence-corrected chi connectivity index (χ1v) is 5.90. The van der Waals surface area contributed by atoms with Crippen LogP contribution < -0.4 is 5.32 Å². The van der Waals surface area contributed by atoms with Gasteiger partial charge < -0.3 is 9.88 Å².